The Balaban J connectivity index is 3.25. The Hall–Kier alpha value is -1.20. The van der Waals surface area contributed by atoms with Crippen molar-refractivity contribution in [2.24, 2.45) is 0 Å². The third kappa shape index (κ3) is 2.00. The fraction of sp³-hybridized carbons (Fsp3) is 0.333. The molecule has 0 aromatic heterocycles. The van der Waals surface area contributed by atoms with Gasteiger partial charge in [-0.1, -0.05) is 0 Å². The molecule has 1 aromatic rings. The van der Waals surface area contributed by atoms with Crippen molar-refractivity contribution < 1.29 is 19.5 Å². The SMILES string of the molecule is COc1cc(B(O)O)cc(OC)c1C. The lowest BCUT2D eigenvalue weighted by Crippen LogP contribution is -2.30. The van der Waals surface area contributed by atoms with Gasteiger partial charge >= 0.3 is 7.12 Å². The van der Waals surface area contributed by atoms with Gasteiger partial charge in [0.05, 0.1) is 14.2 Å². The normalized spacial score (nSPS) is 9.79. The summed E-state index contributed by atoms with van der Waals surface area (Å²) in [6.45, 7) is 1.84. The van der Waals surface area contributed by atoms with Crippen molar-refractivity contribution in [1.29, 1.82) is 0 Å². The van der Waals surface area contributed by atoms with E-state index < -0.39 is 7.12 Å². The molecule has 5 heteroatoms. The Bertz CT molecular complexity index is 300. The van der Waals surface area contributed by atoms with Crippen molar-refractivity contribution in [3.8, 4) is 11.5 Å². The zero-order valence-corrected chi connectivity index (χ0v) is 8.44. The number of hydrogen-bond donors (Lipinski definition) is 2. The minimum atomic E-state index is -1.52. The van der Waals surface area contributed by atoms with E-state index in [-0.39, 0.29) is 0 Å². The van der Waals surface area contributed by atoms with Crippen molar-refractivity contribution in [2.75, 3.05) is 14.2 Å². The van der Waals surface area contributed by atoms with Crippen molar-refractivity contribution in [2.45, 2.75) is 6.92 Å². The molecule has 0 fully saturated rings. The van der Waals surface area contributed by atoms with Crippen LogP contribution in [0.3, 0.4) is 0 Å². The Morgan fingerprint density at radius 3 is 1.79 bits per heavy atom. The van der Waals surface area contributed by atoms with Gasteiger partial charge in [-0.25, -0.2) is 0 Å². The highest BCUT2D eigenvalue weighted by Crippen LogP contribution is 2.25. The molecular formula is C9H13BO4. The maximum absolute atomic E-state index is 9.00. The maximum Gasteiger partial charge on any atom is 0.488 e. The van der Waals surface area contributed by atoms with Crippen LogP contribution in [0.4, 0.5) is 0 Å². The van der Waals surface area contributed by atoms with Crippen LogP contribution in [0.1, 0.15) is 5.56 Å². The van der Waals surface area contributed by atoms with Crippen molar-refractivity contribution in [1.82, 2.24) is 0 Å². The molecular weight excluding hydrogens is 183 g/mol. The smallest absolute Gasteiger partial charge is 0.488 e. The van der Waals surface area contributed by atoms with Gasteiger partial charge in [0, 0.05) is 5.56 Å². The van der Waals surface area contributed by atoms with Gasteiger partial charge in [0.2, 0.25) is 0 Å². The summed E-state index contributed by atoms with van der Waals surface area (Å²) in [5.41, 5.74) is 1.18. The zero-order chi connectivity index (χ0) is 10.7. The van der Waals surface area contributed by atoms with Crippen LogP contribution in [0.2, 0.25) is 0 Å². The fourth-order valence-electron chi connectivity index (χ4n) is 1.26. The first kappa shape index (κ1) is 10.9. The van der Waals surface area contributed by atoms with E-state index in [0.29, 0.717) is 17.0 Å². The highest BCUT2D eigenvalue weighted by molar-refractivity contribution is 6.58. The van der Waals surface area contributed by atoms with E-state index in [1.807, 2.05) is 6.92 Å². The topological polar surface area (TPSA) is 58.9 Å². The van der Waals surface area contributed by atoms with Gasteiger partial charge in [-0.2, -0.15) is 0 Å². The molecule has 76 valence electrons. The van der Waals surface area contributed by atoms with Crippen molar-refractivity contribution in [3.63, 3.8) is 0 Å². The van der Waals surface area contributed by atoms with Crippen LogP contribution in [0.5, 0.6) is 11.5 Å². The van der Waals surface area contributed by atoms with Crippen LogP contribution < -0.4 is 14.9 Å². The molecule has 0 aliphatic carbocycles. The minimum absolute atomic E-state index is 0.351. The average Bonchev–Trinajstić information content (AvgIpc) is 2.17. The Morgan fingerprint density at radius 2 is 1.50 bits per heavy atom. The van der Waals surface area contributed by atoms with Gasteiger partial charge in [0.1, 0.15) is 11.5 Å². The summed E-state index contributed by atoms with van der Waals surface area (Å²) < 4.78 is 10.2. The lowest BCUT2D eigenvalue weighted by Gasteiger charge is -2.11. The van der Waals surface area contributed by atoms with E-state index in [1.54, 1.807) is 12.1 Å². The molecule has 1 rings (SSSR count). The monoisotopic (exact) mass is 196 g/mol. The minimum Gasteiger partial charge on any atom is -0.496 e. The van der Waals surface area contributed by atoms with Crippen LogP contribution in [-0.2, 0) is 0 Å². The quantitative estimate of drug-likeness (QED) is 0.651. The first-order valence-corrected chi connectivity index (χ1v) is 4.18. The highest BCUT2D eigenvalue weighted by atomic mass is 16.5. The largest absolute Gasteiger partial charge is 0.496 e. The maximum atomic E-state index is 9.00. The number of hydrogen-bond acceptors (Lipinski definition) is 4. The van der Waals surface area contributed by atoms with Gasteiger partial charge < -0.3 is 19.5 Å². The van der Waals surface area contributed by atoms with Gasteiger partial charge in [-0.05, 0) is 24.5 Å². The van der Waals surface area contributed by atoms with Gasteiger partial charge in [-0.15, -0.1) is 0 Å². The molecule has 0 atom stereocenters. The first-order chi connectivity index (χ1) is 6.60. The Morgan fingerprint density at radius 1 is 1.07 bits per heavy atom. The molecule has 0 saturated carbocycles. The summed E-state index contributed by atoms with van der Waals surface area (Å²) in [5, 5.41) is 18.0. The van der Waals surface area contributed by atoms with Crippen LogP contribution in [0, 0.1) is 6.92 Å². The number of benzene rings is 1. The molecule has 0 spiro atoms. The molecule has 2 N–H and O–H groups in total. The third-order valence-electron chi connectivity index (χ3n) is 2.07. The molecule has 0 heterocycles. The van der Waals surface area contributed by atoms with E-state index in [9.17, 15) is 0 Å². The van der Waals surface area contributed by atoms with Crippen molar-refractivity contribution >= 4 is 12.6 Å². The second-order valence-corrected chi connectivity index (χ2v) is 2.92. The Kier molecular flexibility index (Phi) is 3.38. The van der Waals surface area contributed by atoms with Crippen LogP contribution in [0.25, 0.3) is 0 Å². The van der Waals surface area contributed by atoms with E-state index in [4.69, 9.17) is 19.5 Å². The summed E-state index contributed by atoms with van der Waals surface area (Å²) in [4.78, 5) is 0. The predicted molar refractivity (Wildman–Crippen MR) is 54.1 cm³/mol. The highest BCUT2D eigenvalue weighted by Gasteiger charge is 2.16. The van der Waals surface area contributed by atoms with Crippen LogP contribution >= 0.6 is 0 Å². The average molecular weight is 196 g/mol. The van der Waals surface area contributed by atoms with E-state index in [0.717, 1.165) is 5.56 Å². The molecule has 4 nitrogen and oxygen atoms in total. The summed E-state index contributed by atoms with van der Waals surface area (Å²) >= 11 is 0. The number of methoxy groups -OCH3 is 2. The molecule has 0 aliphatic heterocycles. The summed E-state index contributed by atoms with van der Waals surface area (Å²) in [7, 11) is 1.53. The lowest BCUT2D eigenvalue weighted by molar-refractivity contribution is 0.387. The number of ether oxygens (including phenoxy) is 2. The van der Waals surface area contributed by atoms with E-state index in [2.05, 4.69) is 0 Å². The second-order valence-electron chi connectivity index (χ2n) is 2.92. The van der Waals surface area contributed by atoms with E-state index >= 15 is 0 Å². The van der Waals surface area contributed by atoms with E-state index in [1.165, 1.54) is 14.2 Å². The molecule has 1 aromatic carbocycles. The molecule has 14 heavy (non-hydrogen) atoms. The molecule has 0 aliphatic rings. The summed E-state index contributed by atoms with van der Waals surface area (Å²) in [5.74, 6) is 1.15. The first-order valence-electron chi connectivity index (χ1n) is 4.18. The van der Waals surface area contributed by atoms with Crippen molar-refractivity contribution in [3.05, 3.63) is 17.7 Å². The van der Waals surface area contributed by atoms with Crippen LogP contribution in [-0.4, -0.2) is 31.4 Å². The van der Waals surface area contributed by atoms with Gasteiger partial charge in [0.15, 0.2) is 0 Å². The van der Waals surface area contributed by atoms with Gasteiger partial charge in [-0.3, -0.25) is 0 Å². The lowest BCUT2D eigenvalue weighted by atomic mass is 9.79. The molecule has 0 unspecified atom stereocenters. The van der Waals surface area contributed by atoms with Gasteiger partial charge in [0.25, 0.3) is 0 Å². The summed E-state index contributed by atoms with van der Waals surface area (Å²) in [6.07, 6.45) is 0. The van der Waals surface area contributed by atoms with Crippen LogP contribution in [0.15, 0.2) is 12.1 Å². The molecule has 0 amide bonds. The number of rotatable bonds is 3. The fourth-order valence-corrected chi connectivity index (χ4v) is 1.26. The zero-order valence-electron chi connectivity index (χ0n) is 8.44. The molecule has 0 radical (unpaired) electrons. The summed E-state index contributed by atoms with van der Waals surface area (Å²) in [6, 6.07) is 3.14. The third-order valence-corrected chi connectivity index (χ3v) is 2.07. The second kappa shape index (κ2) is 4.35. The Labute approximate surface area is 83.2 Å². The standard InChI is InChI=1S/C9H13BO4/c1-6-8(13-2)4-7(10(11)12)5-9(6)14-3/h4-5,11-12H,1-3H3. The molecule has 0 bridgehead atoms. The predicted octanol–water partition coefficient (Wildman–Crippen LogP) is -0.308. The molecule has 0 saturated heterocycles.